The van der Waals surface area contributed by atoms with E-state index in [1.807, 2.05) is 0 Å². The highest BCUT2D eigenvalue weighted by atomic mass is 31.2. The van der Waals surface area contributed by atoms with Crippen LogP contribution in [-0.4, -0.2) is 74.4 Å². The van der Waals surface area contributed by atoms with E-state index in [-0.39, 0.29) is 18.8 Å². The molecule has 7 atom stereocenters. The summed E-state index contributed by atoms with van der Waals surface area (Å²) in [6.45, 7) is 0.857. The number of phosphoric acid groups is 1. The van der Waals surface area contributed by atoms with Crippen LogP contribution in [0.25, 0.3) is 0 Å². The maximum absolute atomic E-state index is 12.6. The second-order valence-electron chi connectivity index (χ2n) is 8.16. The van der Waals surface area contributed by atoms with Gasteiger partial charge in [-0.25, -0.2) is 14.2 Å². The maximum Gasteiger partial charge on any atom is 0.472 e. The summed E-state index contributed by atoms with van der Waals surface area (Å²) in [7, 11) is -4.61. The number of phosphoric ester groups is 1. The van der Waals surface area contributed by atoms with Crippen LogP contribution in [0.15, 0.2) is 41.0 Å². The Morgan fingerprint density at radius 1 is 1.34 bits per heavy atom. The summed E-state index contributed by atoms with van der Waals surface area (Å²) in [4.78, 5) is 39.3. The van der Waals surface area contributed by atoms with Crippen LogP contribution in [0, 0.1) is 0 Å². The molecular formula is C19H27N6O9P. The second kappa shape index (κ2) is 10.2. The van der Waals surface area contributed by atoms with Crippen molar-refractivity contribution in [3.8, 4) is 0 Å². The first-order chi connectivity index (χ1) is 16.6. The minimum atomic E-state index is -4.61. The van der Waals surface area contributed by atoms with E-state index in [1.54, 1.807) is 19.1 Å². The van der Waals surface area contributed by atoms with Gasteiger partial charge in [0.1, 0.15) is 36.5 Å². The number of nitrogens with one attached hydrogen (secondary N) is 1. The summed E-state index contributed by atoms with van der Waals surface area (Å²) in [5, 5.41) is 12.2. The topological polar surface area (TPSA) is 214 Å². The fourth-order valence-corrected chi connectivity index (χ4v) is 4.73. The molecule has 35 heavy (non-hydrogen) atoms. The fraction of sp³-hybridized carbons (Fsp3) is 0.526. The van der Waals surface area contributed by atoms with Gasteiger partial charge in [0.25, 0.3) is 0 Å². The quantitative estimate of drug-likeness (QED) is 0.211. The monoisotopic (exact) mass is 514 g/mol. The van der Waals surface area contributed by atoms with Crippen molar-refractivity contribution in [3.05, 3.63) is 46.7 Å². The number of aliphatic hydroxyl groups is 1. The third kappa shape index (κ3) is 5.79. The molecule has 1 fully saturated rings. The molecule has 192 valence electrons. The van der Waals surface area contributed by atoms with Gasteiger partial charge in [-0.3, -0.25) is 18.5 Å². The minimum absolute atomic E-state index is 0.000531. The molecule has 3 aliphatic rings. The van der Waals surface area contributed by atoms with Crippen molar-refractivity contribution < 1.29 is 37.9 Å². The highest BCUT2D eigenvalue weighted by Gasteiger charge is 2.44. The second-order valence-corrected chi connectivity index (χ2v) is 9.56. The molecule has 4 heterocycles. The molecule has 16 heteroatoms. The van der Waals surface area contributed by atoms with Crippen LogP contribution in [0.5, 0.6) is 0 Å². The Labute approximate surface area is 199 Å². The molecule has 1 saturated heterocycles. The van der Waals surface area contributed by atoms with Crippen molar-refractivity contribution in [2.75, 3.05) is 18.9 Å². The van der Waals surface area contributed by atoms with E-state index in [4.69, 9.17) is 30.0 Å². The number of ether oxygens (including phenoxy) is 2. The van der Waals surface area contributed by atoms with Gasteiger partial charge in [0.2, 0.25) is 0 Å². The zero-order valence-corrected chi connectivity index (χ0v) is 19.6. The Morgan fingerprint density at radius 3 is 2.83 bits per heavy atom. The van der Waals surface area contributed by atoms with E-state index < -0.39 is 63.1 Å². The number of aliphatic hydroxyl groups excluding tert-OH is 1. The number of urea groups is 1. The molecule has 0 spiro atoms. The normalized spacial score (nSPS) is 32.4. The fourth-order valence-electron chi connectivity index (χ4n) is 3.77. The van der Waals surface area contributed by atoms with Gasteiger partial charge in [0.15, 0.2) is 6.23 Å². The van der Waals surface area contributed by atoms with Gasteiger partial charge >= 0.3 is 19.5 Å². The molecule has 4 rings (SSSR count). The Morgan fingerprint density at radius 2 is 2.11 bits per heavy atom. The van der Waals surface area contributed by atoms with Crippen molar-refractivity contribution >= 4 is 19.7 Å². The number of nitrogens with two attached hydrogens (primary N) is 2. The van der Waals surface area contributed by atoms with E-state index in [9.17, 15) is 24.2 Å². The number of aromatic nitrogens is 2. The molecule has 0 radical (unpaired) electrons. The molecule has 1 aromatic rings. The van der Waals surface area contributed by atoms with Gasteiger partial charge in [-0.2, -0.15) is 4.98 Å². The average molecular weight is 514 g/mol. The van der Waals surface area contributed by atoms with Gasteiger partial charge < -0.3 is 36.3 Å². The number of amides is 2. The van der Waals surface area contributed by atoms with E-state index in [0.29, 0.717) is 5.57 Å². The van der Waals surface area contributed by atoms with Crippen molar-refractivity contribution in [1.29, 1.82) is 0 Å². The Kier molecular flexibility index (Phi) is 7.40. The van der Waals surface area contributed by atoms with Crippen LogP contribution in [-0.2, 0) is 23.1 Å². The Bertz CT molecular complexity index is 1130. The lowest BCUT2D eigenvalue weighted by molar-refractivity contribution is -0.0565. The van der Waals surface area contributed by atoms with Crippen LogP contribution in [0.1, 0.15) is 19.6 Å². The highest BCUT2D eigenvalue weighted by Crippen LogP contribution is 2.48. The van der Waals surface area contributed by atoms with Crippen LogP contribution >= 0.6 is 7.82 Å². The van der Waals surface area contributed by atoms with Gasteiger partial charge in [-0.15, -0.1) is 0 Å². The number of carbonyl (C=O) groups is 1. The van der Waals surface area contributed by atoms with Crippen molar-refractivity contribution in [1.82, 2.24) is 19.8 Å². The molecule has 2 unspecified atom stereocenters. The largest absolute Gasteiger partial charge is 0.472 e. The van der Waals surface area contributed by atoms with Crippen LogP contribution < -0.4 is 22.5 Å². The summed E-state index contributed by atoms with van der Waals surface area (Å²) < 4.78 is 35.4. The summed E-state index contributed by atoms with van der Waals surface area (Å²) in [6.07, 6.45) is 1.04. The maximum atomic E-state index is 12.6. The lowest BCUT2D eigenvalue weighted by Crippen LogP contribution is -2.54. The lowest BCUT2D eigenvalue weighted by atomic mass is 10.1. The standard InChI is InChI=1S/C19H27N6O9P/c1-10-7-25(19(28)23-17(10)21)16-6-12(13(8-26)33-16)34-35(29,30)31-9-11-2-3-15(32-11)24-5-4-14(20)22-18(24)27/h2-5,7,11-13,15-17,26H,6,8-9,21H2,1H3,(H,23,28)(H,29,30)(H2,20,22,27)/t11-,12-,13+,15+,16+,17?/m0/s1. The molecule has 0 bridgehead atoms. The van der Waals surface area contributed by atoms with E-state index in [0.717, 1.165) is 0 Å². The molecular weight excluding hydrogens is 487 g/mol. The van der Waals surface area contributed by atoms with Crippen molar-refractivity contribution in [2.24, 2.45) is 5.73 Å². The van der Waals surface area contributed by atoms with E-state index in [1.165, 1.54) is 27.9 Å². The van der Waals surface area contributed by atoms with E-state index >= 15 is 0 Å². The molecule has 3 aliphatic heterocycles. The molecule has 15 nitrogen and oxygen atoms in total. The van der Waals surface area contributed by atoms with Crippen LogP contribution in [0.4, 0.5) is 10.6 Å². The molecule has 2 amide bonds. The Hall–Kier alpha value is -2.62. The first-order valence-corrected chi connectivity index (χ1v) is 12.2. The number of hydrogen-bond donors (Lipinski definition) is 5. The van der Waals surface area contributed by atoms with Crippen molar-refractivity contribution in [3.63, 3.8) is 0 Å². The van der Waals surface area contributed by atoms with Crippen LogP contribution in [0.2, 0.25) is 0 Å². The SMILES string of the molecule is CC1=CN([C@H]2C[C@H](OP(=O)(O)OC[C@@H]3C=C[C@H](n4ccc(N)nc4=O)O3)[C@@H](CO)O2)C(=O)NC1N. The number of anilines is 1. The minimum Gasteiger partial charge on any atom is -0.394 e. The smallest absolute Gasteiger partial charge is 0.394 e. The third-order valence-electron chi connectivity index (χ3n) is 5.62. The van der Waals surface area contributed by atoms with Gasteiger partial charge in [-0.1, -0.05) is 6.08 Å². The number of rotatable bonds is 8. The summed E-state index contributed by atoms with van der Waals surface area (Å²) >= 11 is 0. The first-order valence-electron chi connectivity index (χ1n) is 10.7. The molecule has 7 N–H and O–H groups in total. The van der Waals surface area contributed by atoms with Gasteiger partial charge in [0, 0.05) is 18.8 Å². The van der Waals surface area contributed by atoms with E-state index in [2.05, 4.69) is 10.3 Å². The first kappa shape index (κ1) is 25.5. The zero-order chi connectivity index (χ0) is 25.3. The number of nitrogen functional groups attached to an aromatic ring is 1. The number of nitrogens with zero attached hydrogens (tertiary/aromatic N) is 3. The van der Waals surface area contributed by atoms with Gasteiger partial charge in [-0.05, 0) is 24.6 Å². The Balaban J connectivity index is 1.32. The summed E-state index contributed by atoms with van der Waals surface area (Å²) in [5.41, 5.74) is 11.3. The predicted molar refractivity (Wildman–Crippen MR) is 119 cm³/mol. The highest BCUT2D eigenvalue weighted by molar-refractivity contribution is 7.47. The van der Waals surface area contributed by atoms with Crippen molar-refractivity contribution in [2.45, 2.75) is 50.3 Å². The van der Waals surface area contributed by atoms with Crippen LogP contribution in [0.3, 0.4) is 0 Å². The lowest BCUT2D eigenvalue weighted by Gasteiger charge is -2.32. The molecule has 0 aliphatic carbocycles. The average Bonchev–Trinajstić information content (AvgIpc) is 3.41. The summed E-state index contributed by atoms with van der Waals surface area (Å²) in [6, 6.07) is 0.926. The van der Waals surface area contributed by atoms with Gasteiger partial charge in [0.05, 0.1) is 13.2 Å². The molecule has 1 aromatic heterocycles. The third-order valence-corrected chi connectivity index (χ3v) is 6.63. The molecule has 0 saturated carbocycles. The predicted octanol–water partition coefficient (Wildman–Crippen LogP) is -0.898. The zero-order valence-electron chi connectivity index (χ0n) is 18.7. The number of carbonyl (C=O) groups excluding carboxylic acids is 1. The molecule has 0 aromatic carbocycles. The summed E-state index contributed by atoms with van der Waals surface area (Å²) in [5.74, 6) is 0.0708. The number of hydrogen-bond acceptors (Lipinski definition) is 11.